The van der Waals surface area contributed by atoms with Crippen molar-refractivity contribution < 1.29 is 9.53 Å². The van der Waals surface area contributed by atoms with E-state index in [1.165, 1.54) is 11.3 Å². The Morgan fingerprint density at radius 2 is 2.25 bits per heavy atom. The van der Waals surface area contributed by atoms with Crippen LogP contribution in [0.3, 0.4) is 0 Å². The number of thiophene rings is 1. The van der Waals surface area contributed by atoms with E-state index in [9.17, 15) is 4.79 Å². The number of carbonyl (C=O) groups excluding carboxylic acids is 1. The Kier molecular flexibility index (Phi) is 4.67. The molecule has 2 saturated heterocycles. The highest BCUT2D eigenvalue weighted by atomic mass is 32.1. The maximum Gasteiger partial charge on any atom is 0.264 e. The molecule has 2 aliphatic rings. The van der Waals surface area contributed by atoms with Crippen molar-refractivity contribution in [1.82, 2.24) is 14.8 Å². The fourth-order valence-electron chi connectivity index (χ4n) is 3.65. The highest BCUT2D eigenvalue weighted by Gasteiger charge is 2.42. The molecule has 1 spiro atoms. The van der Waals surface area contributed by atoms with Gasteiger partial charge in [0.25, 0.3) is 5.91 Å². The van der Waals surface area contributed by atoms with Gasteiger partial charge in [-0.1, -0.05) is 6.07 Å². The lowest BCUT2D eigenvalue weighted by Crippen LogP contribution is -2.43. The summed E-state index contributed by atoms with van der Waals surface area (Å²) >= 11 is 3.22. The number of nitrogens with zero attached hydrogens (tertiary/aromatic N) is 3. The Balaban J connectivity index is 1.45. The summed E-state index contributed by atoms with van der Waals surface area (Å²) in [7, 11) is 0. The second-order valence-electron chi connectivity index (χ2n) is 6.64. The van der Waals surface area contributed by atoms with Crippen molar-refractivity contribution in [1.29, 1.82) is 0 Å². The van der Waals surface area contributed by atoms with Crippen LogP contribution in [-0.4, -0.2) is 60.1 Å². The molecule has 128 valence electrons. The molecule has 0 bridgehead atoms. The van der Waals surface area contributed by atoms with Crippen LogP contribution in [-0.2, 0) is 11.3 Å². The summed E-state index contributed by atoms with van der Waals surface area (Å²) < 4.78 is 5.88. The van der Waals surface area contributed by atoms with Crippen LogP contribution in [0.15, 0.2) is 29.1 Å². The average molecular weight is 364 g/mol. The predicted octanol–water partition coefficient (Wildman–Crippen LogP) is 2.57. The Bertz CT molecular complexity index is 674. The summed E-state index contributed by atoms with van der Waals surface area (Å²) in [6.07, 6.45) is 2.94. The van der Waals surface area contributed by atoms with E-state index in [4.69, 9.17) is 4.74 Å². The van der Waals surface area contributed by atoms with Crippen molar-refractivity contribution in [2.45, 2.75) is 13.0 Å². The normalized spacial score (nSPS) is 25.2. The summed E-state index contributed by atoms with van der Waals surface area (Å²) in [5.74, 6) is 0.147. The van der Waals surface area contributed by atoms with E-state index in [2.05, 4.69) is 9.88 Å². The minimum absolute atomic E-state index is 0.0562. The number of aromatic nitrogens is 1. The van der Waals surface area contributed by atoms with Gasteiger partial charge in [0.05, 0.1) is 24.6 Å². The van der Waals surface area contributed by atoms with Gasteiger partial charge in [-0.3, -0.25) is 9.69 Å². The molecule has 0 N–H and O–H groups in total. The molecular weight excluding hydrogens is 342 g/mol. The monoisotopic (exact) mass is 363 g/mol. The van der Waals surface area contributed by atoms with Crippen molar-refractivity contribution in [3.63, 3.8) is 0 Å². The minimum atomic E-state index is 0.0562. The van der Waals surface area contributed by atoms with Gasteiger partial charge < -0.3 is 9.64 Å². The zero-order valence-corrected chi connectivity index (χ0v) is 15.2. The third-order valence-corrected chi connectivity index (χ3v) is 6.44. The SMILES string of the molecule is O=C(c1cccs1)N1CCOCC2(CCN(Cc3nccs3)C2)C1. The van der Waals surface area contributed by atoms with Crippen LogP contribution in [0.2, 0.25) is 0 Å². The van der Waals surface area contributed by atoms with Crippen LogP contribution in [0.4, 0.5) is 0 Å². The largest absolute Gasteiger partial charge is 0.379 e. The molecule has 0 aliphatic carbocycles. The summed E-state index contributed by atoms with van der Waals surface area (Å²) in [6.45, 7) is 5.77. The quantitative estimate of drug-likeness (QED) is 0.841. The molecule has 0 aromatic carbocycles. The summed E-state index contributed by atoms with van der Waals surface area (Å²) in [5.41, 5.74) is 0.0562. The highest BCUT2D eigenvalue weighted by Crippen LogP contribution is 2.35. The third kappa shape index (κ3) is 3.39. The zero-order valence-electron chi connectivity index (χ0n) is 13.5. The second kappa shape index (κ2) is 6.92. The molecule has 24 heavy (non-hydrogen) atoms. The van der Waals surface area contributed by atoms with Crippen LogP contribution < -0.4 is 0 Å². The van der Waals surface area contributed by atoms with Crippen LogP contribution in [0, 0.1) is 5.41 Å². The molecule has 0 radical (unpaired) electrons. The number of carbonyl (C=O) groups is 1. The standard InChI is InChI=1S/C17H21N3O2S2/c21-16(14-2-1-8-23-14)20-6-7-22-13-17(12-20)3-5-19(11-17)10-15-18-4-9-24-15/h1-2,4,8-9H,3,5-7,10-13H2. The first-order chi connectivity index (χ1) is 11.7. The Labute approximate surface area is 149 Å². The van der Waals surface area contributed by atoms with Crippen molar-refractivity contribution in [2.24, 2.45) is 5.41 Å². The van der Waals surface area contributed by atoms with Gasteiger partial charge in [0.15, 0.2) is 0 Å². The lowest BCUT2D eigenvalue weighted by atomic mass is 9.87. The number of rotatable bonds is 3. The lowest BCUT2D eigenvalue weighted by Gasteiger charge is -2.31. The molecule has 2 aromatic heterocycles. The molecule has 1 atom stereocenters. The number of hydrogen-bond donors (Lipinski definition) is 0. The third-order valence-electron chi connectivity index (χ3n) is 4.82. The van der Waals surface area contributed by atoms with Crippen molar-refractivity contribution in [3.8, 4) is 0 Å². The molecule has 2 aromatic rings. The van der Waals surface area contributed by atoms with Gasteiger partial charge in [-0.15, -0.1) is 22.7 Å². The van der Waals surface area contributed by atoms with Gasteiger partial charge in [-0.2, -0.15) is 0 Å². The van der Waals surface area contributed by atoms with Gasteiger partial charge >= 0.3 is 0 Å². The summed E-state index contributed by atoms with van der Waals surface area (Å²) in [5, 5.41) is 5.15. The Morgan fingerprint density at radius 3 is 3.04 bits per heavy atom. The Morgan fingerprint density at radius 1 is 1.29 bits per heavy atom. The molecule has 0 saturated carbocycles. The fraction of sp³-hybridized carbons (Fsp3) is 0.529. The number of ether oxygens (including phenoxy) is 1. The molecule has 5 nitrogen and oxygen atoms in total. The first-order valence-electron chi connectivity index (χ1n) is 8.25. The summed E-state index contributed by atoms with van der Waals surface area (Å²) in [6, 6.07) is 3.85. The lowest BCUT2D eigenvalue weighted by molar-refractivity contribution is 0.0647. The minimum Gasteiger partial charge on any atom is -0.379 e. The molecular formula is C17H21N3O2S2. The number of likely N-dealkylation sites (tertiary alicyclic amines) is 1. The zero-order chi connectivity index (χ0) is 16.4. The molecule has 4 heterocycles. The first-order valence-corrected chi connectivity index (χ1v) is 10.0. The first kappa shape index (κ1) is 16.2. The van der Waals surface area contributed by atoms with Crippen molar-refractivity contribution in [3.05, 3.63) is 39.0 Å². The maximum atomic E-state index is 12.8. The Hall–Kier alpha value is -1.28. The molecule has 1 amide bonds. The topological polar surface area (TPSA) is 45.7 Å². The van der Waals surface area contributed by atoms with Crippen molar-refractivity contribution >= 4 is 28.6 Å². The average Bonchev–Trinajstić information content (AvgIpc) is 3.30. The number of hydrogen-bond acceptors (Lipinski definition) is 6. The van der Waals surface area contributed by atoms with E-state index in [0.717, 1.165) is 49.1 Å². The van der Waals surface area contributed by atoms with Crippen molar-refractivity contribution in [2.75, 3.05) is 39.4 Å². The summed E-state index contributed by atoms with van der Waals surface area (Å²) in [4.78, 5) is 22.4. The molecule has 1 unspecified atom stereocenters. The molecule has 2 fully saturated rings. The van der Waals surface area contributed by atoms with E-state index in [-0.39, 0.29) is 11.3 Å². The predicted molar refractivity (Wildman–Crippen MR) is 95.5 cm³/mol. The van der Waals surface area contributed by atoms with Gasteiger partial charge in [0.1, 0.15) is 5.01 Å². The number of thiazole rings is 1. The van der Waals surface area contributed by atoms with Crippen LogP contribution in [0.5, 0.6) is 0 Å². The number of amides is 1. The van der Waals surface area contributed by atoms with E-state index >= 15 is 0 Å². The fourth-order valence-corrected chi connectivity index (χ4v) is 5.00. The van der Waals surface area contributed by atoms with E-state index in [1.807, 2.05) is 34.0 Å². The van der Waals surface area contributed by atoms with Gasteiger partial charge in [-0.25, -0.2) is 4.98 Å². The highest BCUT2D eigenvalue weighted by molar-refractivity contribution is 7.12. The van der Waals surface area contributed by atoms with Crippen LogP contribution in [0.25, 0.3) is 0 Å². The molecule has 7 heteroatoms. The van der Waals surface area contributed by atoms with Gasteiger partial charge in [0, 0.05) is 36.6 Å². The molecule has 4 rings (SSSR count). The smallest absolute Gasteiger partial charge is 0.264 e. The van der Waals surface area contributed by atoms with E-state index in [1.54, 1.807) is 11.3 Å². The van der Waals surface area contributed by atoms with Gasteiger partial charge in [-0.05, 0) is 24.4 Å². The van der Waals surface area contributed by atoms with E-state index < -0.39 is 0 Å². The maximum absolute atomic E-state index is 12.8. The molecule has 2 aliphatic heterocycles. The second-order valence-corrected chi connectivity index (χ2v) is 8.57. The van der Waals surface area contributed by atoms with Crippen LogP contribution in [0.1, 0.15) is 21.1 Å². The van der Waals surface area contributed by atoms with Crippen LogP contribution >= 0.6 is 22.7 Å². The van der Waals surface area contributed by atoms with E-state index in [0.29, 0.717) is 13.2 Å². The van der Waals surface area contributed by atoms with Gasteiger partial charge in [0.2, 0.25) is 0 Å².